The maximum absolute atomic E-state index is 11.1. The molecule has 1 N–H and O–H groups in total. The van der Waals surface area contributed by atoms with E-state index in [1.165, 1.54) is 6.20 Å². The van der Waals surface area contributed by atoms with E-state index >= 15 is 0 Å². The summed E-state index contributed by atoms with van der Waals surface area (Å²) in [7, 11) is 0. The van der Waals surface area contributed by atoms with E-state index in [1.807, 2.05) is 0 Å². The highest BCUT2D eigenvalue weighted by molar-refractivity contribution is 5.92. The van der Waals surface area contributed by atoms with Crippen molar-refractivity contribution in [2.75, 3.05) is 11.4 Å². The zero-order chi connectivity index (χ0) is 11.5. The maximum Gasteiger partial charge on any atom is 0.356 e. The predicted molar refractivity (Wildman–Crippen MR) is 61.8 cm³/mol. The Morgan fingerprint density at radius 1 is 1.69 bits per heavy atom. The lowest BCUT2D eigenvalue weighted by molar-refractivity contribution is 0.0691. The number of carbonyl (C=O) groups is 1. The van der Waals surface area contributed by atoms with Gasteiger partial charge in [0.2, 0.25) is 0 Å². The molecular formula is C12H14N2O2. The van der Waals surface area contributed by atoms with Gasteiger partial charge in [-0.3, -0.25) is 0 Å². The van der Waals surface area contributed by atoms with Crippen LogP contribution in [0.3, 0.4) is 0 Å². The molecular weight excluding hydrogens is 204 g/mol. The number of aromatic carboxylic acids is 1. The summed E-state index contributed by atoms with van der Waals surface area (Å²) in [5, 5.41) is 9.07. The van der Waals surface area contributed by atoms with Gasteiger partial charge >= 0.3 is 5.97 Å². The number of carboxylic acids is 1. The monoisotopic (exact) mass is 218 g/mol. The zero-order valence-corrected chi connectivity index (χ0v) is 8.97. The van der Waals surface area contributed by atoms with Crippen LogP contribution in [0.15, 0.2) is 31.0 Å². The van der Waals surface area contributed by atoms with Crippen molar-refractivity contribution in [2.45, 2.75) is 18.9 Å². The van der Waals surface area contributed by atoms with Crippen molar-refractivity contribution < 1.29 is 9.90 Å². The van der Waals surface area contributed by atoms with Crippen LogP contribution in [0.5, 0.6) is 0 Å². The summed E-state index contributed by atoms with van der Waals surface area (Å²) < 4.78 is 0. The van der Waals surface area contributed by atoms with Gasteiger partial charge in [-0.2, -0.15) is 0 Å². The Labute approximate surface area is 94.2 Å². The Balaban J connectivity index is 2.35. The summed E-state index contributed by atoms with van der Waals surface area (Å²) in [6, 6.07) is 4.01. The van der Waals surface area contributed by atoms with Gasteiger partial charge in [-0.1, -0.05) is 6.08 Å². The van der Waals surface area contributed by atoms with Crippen LogP contribution >= 0.6 is 0 Å². The molecule has 0 aromatic carbocycles. The van der Waals surface area contributed by atoms with Crippen molar-refractivity contribution in [3.05, 3.63) is 36.7 Å². The first-order chi connectivity index (χ1) is 7.74. The minimum absolute atomic E-state index is 0.122. The Hall–Kier alpha value is -1.84. The minimum Gasteiger partial charge on any atom is -0.476 e. The van der Waals surface area contributed by atoms with Crippen molar-refractivity contribution in [2.24, 2.45) is 0 Å². The lowest BCUT2D eigenvalue weighted by Crippen LogP contribution is -2.27. The molecule has 1 aromatic rings. The molecule has 4 heteroatoms. The summed E-state index contributed by atoms with van der Waals surface area (Å²) in [4.78, 5) is 17.0. The standard InChI is InChI=1S/C12H14N2O2/c1-2-8-14(9-5-6-9)10-4-3-7-13-11(10)12(15)16/h2-4,7,9H,1,5-6,8H2,(H,15,16). The average molecular weight is 218 g/mol. The Bertz CT molecular complexity index is 413. The van der Waals surface area contributed by atoms with Gasteiger partial charge in [0.25, 0.3) is 0 Å². The molecule has 0 radical (unpaired) electrons. The molecule has 0 amide bonds. The van der Waals surface area contributed by atoms with Crippen LogP contribution < -0.4 is 4.90 Å². The number of nitrogens with zero attached hydrogens (tertiary/aromatic N) is 2. The highest BCUT2D eigenvalue weighted by Gasteiger charge is 2.30. The molecule has 2 rings (SSSR count). The first-order valence-electron chi connectivity index (χ1n) is 5.30. The van der Waals surface area contributed by atoms with E-state index in [-0.39, 0.29) is 5.69 Å². The van der Waals surface area contributed by atoms with Gasteiger partial charge in [-0.15, -0.1) is 6.58 Å². The highest BCUT2D eigenvalue weighted by atomic mass is 16.4. The summed E-state index contributed by atoms with van der Waals surface area (Å²) in [5.74, 6) is -0.981. The number of anilines is 1. The molecule has 0 atom stereocenters. The molecule has 0 spiro atoms. The van der Waals surface area contributed by atoms with E-state index in [4.69, 9.17) is 5.11 Å². The van der Waals surface area contributed by atoms with Crippen molar-refractivity contribution in [3.8, 4) is 0 Å². The Morgan fingerprint density at radius 3 is 3.00 bits per heavy atom. The van der Waals surface area contributed by atoms with E-state index in [0.717, 1.165) is 12.8 Å². The summed E-state index contributed by atoms with van der Waals surface area (Å²) >= 11 is 0. The molecule has 1 aliphatic carbocycles. The van der Waals surface area contributed by atoms with Gasteiger partial charge in [-0.05, 0) is 25.0 Å². The molecule has 1 fully saturated rings. The molecule has 4 nitrogen and oxygen atoms in total. The van der Waals surface area contributed by atoms with Gasteiger partial charge in [0.15, 0.2) is 5.69 Å². The third kappa shape index (κ3) is 2.05. The van der Waals surface area contributed by atoms with Gasteiger partial charge in [0, 0.05) is 18.8 Å². The number of pyridine rings is 1. The number of carboxylic acid groups (broad SMARTS) is 1. The fourth-order valence-electron chi connectivity index (χ4n) is 1.76. The Morgan fingerprint density at radius 2 is 2.44 bits per heavy atom. The van der Waals surface area contributed by atoms with Crippen LogP contribution in [0.4, 0.5) is 5.69 Å². The van der Waals surface area contributed by atoms with Crippen LogP contribution in [-0.4, -0.2) is 28.6 Å². The number of rotatable bonds is 5. The van der Waals surface area contributed by atoms with E-state index in [9.17, 15) is 4.79 Å². The van der Waals surface area contributed by atoms with Crippen LogP contribution in [-0.2, 0) is 0 Å². The SMILES string of the molecule is C=CCN(c1cccnc1C(=O)O)C1CC1. The first kappa shape index (κ1) is 10.7. The third-order valence-electron chi connectivity index (χ3n) is 2.61. The molecule has 1 heterocycles. The average Bonchev–Trinajstić information content (AvgIpc) is 3.10. The predicted octanol–water partition coefficient (Wildman–Crippen LogP) is 1.93. The number of aromatic nitrogens is 1. The second-order valence-corrected chi connectivity index (χ2v) is 3.85. The highest BCUT2D eigenvalue weighted by Crippen LogP contribution is 2.32. The van der Waals surface area contributed by atoms with Crippen LogP contribution in [0.2, 0.25) is 0 Å². The lowest BCUT2D eigenvalue weighted by Gasteiger charge is -2.23. The molecule has 84 valence electrons. The summed E-state index contributed by atoms with van der Waals surface area (Å²) in [6.07, 6.45) is 5.52. The lowest BCUT2D eigenvalue weighted by atomic mass is 10.2. The molecule has 16 heavy (non-hydrogen) atoms. The molecule has 0 saturated heterocycles. The molecule has 1 aliphatic rings. The van der Waals surface area contributed by atoms with Gasteiger partial charge in [0.05, 0.1) is 5.69 Å². The zero-order valence-electron chi connectivity index (χ0n) is 8.97. The van der Waals surface area contributed by atoms with Gasteiger partial charge in [-0.25, -0.2) is 9.78 Å². The third-order valence-corrected chi connectivity index (χ3v) is 2.61. The van der Waals surface area contributed by atoms with Crippen molar-refractivity contribution in [3.63, 3.8) is 0 Å². The largest absolute Gasteiger partial charge is 0.476 e. The molecule has 1 saturated carbocycles. The normalized spacial score (nSPS) is 14.5. The van der Waals surface area contributed by atoms with Crippen molar-refractivity contribution in [1.29, 1.82) is 0 Å². The second-order valence-electron chi connectivity index (χ2n) is 3.85. The van der Waals surface area contributed by atoms with Crippen molar-refractivity contribution >= 4 is 11.7 Å². The van der Waals surface area contributed by atoms with Gasteiger partial charge < -0.3 is 10.0 Å². The number of hydrogen-bond acceptors (Lipinski definition) is 3. The van der Waals surface area contributed by atoms with Gasteiger partial charge in [0.1, 0.15) is 0 Å². The number of hydrogen-bond donors (Lipinski definition) is 1. The first-order valence-corrected chi connectivity index (χ1v) is 5.30. The molecule has 0 bridgehead atoms. The van der Waals surface area contributed by atoms with E-state index in [0.29, 0.717) is 18.3 Å². The second kappa shape index (κ2) is 4.35. The van der Waals surface area contributed by atoms with Crippen LogP contribution in [0, 0.1) is 0 Å². The van der Waals surface area contributed by atoms with E-state index < -0.39 is 5.97 Å². The van der Waals surface area contributed by atoms with E-state index in [2.05, 4.69) is 16.5 Å². The van der Waals surface area contributed by atoms with E-state index in [1.54, 1.807) is 18.2 Å². The summed E-state index contributed by atoms with van der Waals surface area (Å²) in [5.41, 5.74) is 0.814. The quantitative estimate of drug-likeness (QED) is 0.767. The fraction of sp³-hybridized carbons (Fsp3) is 0.333. The Kier molecular flexibility index (Phi) is 2.90. The van der Waals surface area contributed by atoms with Crippen LogP contribution in [0.1, 0.15) is 23.3 Å². The smallest absolute Gasteiger partial charge is 0.356 e. The topological polar surface area (TPSA) is 53.4 Å². The van der Waals surface area contributed by atoms with Crippen molar-refractivity contribution in [1.82, 2.24) is 4.98 Å². The summed E-state index contributed by atoms with van der Waals surface area (Å²) in [6.45, 7) is 4.36. The minimum atomic E-state index is -0.981. The molecule has 1 aromatic heterocycles. The molecule has 0 unspecified atom stereocenters. The molecule has 0 aliphatic heterocycles. The fourth-order valence-corrected chi connectivity index (χ4v) is 1.76. The maximum atomic E-state index is 11.1. The van der Waals surface area contributed by atoms with Crippen LogP contribution in [0.25, 0.3) is 0 Å².